The first-order valence-electron chi connectivity index (χ1n) is 25.4. The highest BCUT2D eigenvalue weighted by atomic mass is 31.2. The lowest BCUT2D eigenvalue weighted by Gasteiger charge is -2.41. The number of phosphoric acid groups is 1. The van der Waals surface area contributed by atoms with Crippen LogP contribution < -0.4 is 0 Å². The second-order valence-electron chi connectivity index (χ2n) is 17.7. The average Bonchev–Trinajstić information content (AvgIpc) is 3.29. The van der Waals surface area contributed by atoms with E-state index in [2.05, 4.69) is 62.5 Å². The van der Waals surface area contributed by atoms with Crippen molar-refractivity contribution in [2.24, 2.45) is 0 Å². The first-order chi connectivity index (χ1) is 31.4. The SMILES string of the molecule is CCCCC/C=C\C/C=C\C/C=C\C/C=C\CCCCCC(=O)O[C@H](COC(=O)CCCCCCCCCCCCCCCCCCC)COP(=O)(O)OC1C(O)C(O)C(O)[C@@H](O)C1O. The first kappa shape index (κ1) is 60.8. The summed E-state index contributed by atoms with van der Waals surface area (Å²) in [6, 6.07) is 0. The monoisotopic (exact) mass is 943 g/mol. The largest absolute Gasteiger partial charge is 0.472 e. The van der Waals surface area contributed by atoms with Crippen LogP contribution in [0, 0.1) is 0 Å². The Morgan fingerprint density at radius 1 is 0.477 bits per heavy atom. The van der Waals surface area contributed by atoms with Crippen LogP contribution in [0.2, 0.25) is 0 Å². The number of esters is 2. The molecule has 6 unspecified atom stereocenters. The number of carbonyl (C=O) groups excluding carboxylic acids is 2. The van der Waals surface area contributed by atoms with E-state index in [0.29, 0.717) is 12.8 Å². The Labute approximate surface area is 392 Å². The lowest BCUT2D eigenvalue weighted by Crippen LogP contribution is -2.64. The van der Waals surface area contributed by atoms with Crippen molar-refractivity contribution < 1.29 is 63.1 Å². The Hall–Kier alpha value is -2.19. The molecular formula is C51H91O13P. The maximum absolute atomic E-state index is 12.8. The fraction of sp³-hybridized carbons (Fsp3) is 0.804. The maximum Gasteiger partial charge on any atom is 0.472 e. The van der Waals surface area contributed by atoms with Crippen molar-refractivity contribution in [3.8, 4) is 0 Å². The smallest absolute Gasteiger partial charge is 0.462 e. The highest BCUT2D eigenvalue weighted by molar-refractivity contribution is 7.47. The maximum atomic E-state index is 12.8. The minimum absolute atomic E-state index is 0.0597. The molecule has 0 bridgehead atoms. The molecular weight excluding hydrogens is 852 g/mol. The predicted molar refractivity (Wildman–Crippen MR) is 258 cm³/mol. The van der Waals surface area contributed by atoms with Gasteiger partial charge in [0.1, 0.15) is 43.2 Å². The Kier molecular flexibility index (Phi) is 38.2. The van der Waals surface area contributed by atoms with Gasteiger partial charge in [-0.2, -0.15) is 0 Å². The molecule has 65 heavy (non-hydrogen) atoms. The van der Waals surface area contributed by atoms with E-state index in [0.717, 1.165) is 64.2 Å². The molecule has 1 aliphatic carbocycles. The Balaban J connectivity index is 2.44. The molecule has 0 aliphatic heterocycles. The molecule has 378 valence electrons. The van der Waals surface area contributed by atoms with Gasteiger partial charge >= 0.3 is 19.8 Å². The quantitative estimate of drug-likeness (QED) is 0.0146. The van der Waals surface area contributed by atoms with E-state index >= 15 is 0 Å². The zero-order chi connectivity index (χ0) is 47.8. The van der Waals surface area contributed by atoms with E-state index in [1.54, 1.807) is 0 Å². The van der Waals surface area contributed by atoms with Crippen molar-refractivity contribution in [1.29, 1.82) is 0 Å². The minimum atomic E-state index is -5.13. The van der Waals surface area contributed by atoms with Crippen molar-refractivity contribution in [2.45, 2.75) is 249 Å². The van der Waals surface area contributed by atoms with Gasteiger partial charge in [0.15, 0.2) is 6.10 Å². The van der Waals surface area contributed by atoms with Crippen molar-refractivity contribution >= 4 is 19.8 Å². The summed E-state index contributed by atoms with van der Waals surface area (Å²) in [7, 11) is -5.13. The van der Waals surface area contributed by atoms with E-state index < -0.39 is 75.7 Å². The molecule has 1 aliphatic rings. The topological polar surface area (TPSA) is 210 Å². The van der Waals surface area contributed by atoms with Gasteiger partial charge in [-0.3, -0.25) is 18.6 Å². The number of unbranched alkanes of at least 4 members (excludes halogenated alkanes) is 22. The molecule has 0 aromatic heterocycles. The number of carbonyl (C=O) groups is 2. The summed E-state index contributed by atoms with van der Waals surface area (Å²) in [6.45, 7) is 3.27. The average molecular weight is 943 g/mol. The molecule has 1 rings (SSSR count). The third kappa shape index (κ3) is 33.0. The number of phosphoric ester groups is 1. The van der Waals surface area contributed by atoms with Gasteiger partial charge in [0.25, 0.3) is 0 Å². The van der Waals surface area contributed by atoms with Crippen LogP contribution in [-0.4, -0.2) is 98.3 Å². The number of aliphatic hydroxyl groups excluding tert-OH is 5. The van der Waals surface area contributed by atoms with Crippen LogP contribution in [-0.2, 0) is 32.7 Å². The summed E-state index contributed by atoms with van der Waals surface area (Å²) in [5.74, 6) is -1.13. The van der Waals surface area contributed by atoms with E-state index in [1.165, 1.54) is 103 Å². The number of rotatable bonds is 42. The van der Waals surface area contributed by atoms with Gasteiger partial charge < -0.3 is 39.9 Å². The number of hydrogen-bond acceptors (Lipinski definition) is 12. The van der Waals surface area contributed by atoms with Gasteiger partial charge in [0.2, 0.25) is 0 Å². The molecule has 8 atom stereocenters. The minimum Gasteiger partial charge on any atom is -0.462 e. The summed E-state index contributed by atoms with van der Waals surface area (Å²) in [6.07, 6.45) is 35.8. The molecule has 14 heteroatoms. The molecule has 0 spiro atoms. The predicted octanol–water partition coefficient (Wildman–Crippen LogP) is 10.7. The van der Waals surface area contributed by atoms with E-state index in [4.69, 9.17) is 18.5 Å². The van der Waals surface area contributed by atoms with Gasteiger partial charge in [0, 0.05) is 12.8 Å². The second kappa shape index (κ2) is 40.8. The van der Waals surface area contributed by atoms with Crippen molar-refractivity contribution in [3.05, 3.63) is 48.6 Å². The summed E-state index contributed by atoms with van der Waals surface area (Å²) in [5, 5.41) is 50.2. The number of hydrogen-bond donors (Lipinski definition) is 6. The Bertz CT molecular complexity index is 1320. The number of aliphatic hydroxyl groups is 5. The molecule has 0 aromatic rings. The fourth-order valence-corrected chi connectivity index (χ4v) is 8.54. The normalized spacial score (nSPS) is 21.8. The first-order valence-corrected chi connectivity index (χ1v) is 26.9. The standard InChI is InChI=1S/C51H91O13P/c1-3-5-7-9-11-13-15-17-19-21-22-24-26-28-30-32-34-36-38-40-45(53)63-43(42-62-65(59,60)64-51-49(57)47(55)46(54)48(56)50(51)58)41-61-44(52)39-37-35-33-31-29-27-25-23-20-18-16-14-12-10-8-6-4-2/h11,13,17,19,22,24,28,30,43,46-51,54-58H,3-10,12,14-16,18,20-21,23,25-27,29,31-42H2,1-2H3,(H,59,60)/b13-11-,19-17-,24-22-,30-28-/t43-,46?,47-,48?,49?,50?,51?/m1/s1. The van der Waals surface area contributed by atoms with E-state index in [-0.39, 0.29) is 12.8 Å². The third-order valence-corrected chi connectivity index (χ3v) is 12.7. The Morgan fingerprint density at radius 3 is 1.29 bits per heavy atom. The number of ether oxygens (including phenoxy) is 2. The van der Waals surface area contributed by atoms with Gasteiger partial charge in [-0.25, -0.2) is 4.57 Å². The van der Waals surface area contributed by atoms with E-state index in [9.17, 15) is 44.6 Å². The van der Waals surface area contributed by atoms with Gasteiger partial charge in [-0.1, -0.05) is 184 Å². The molecule has 6 N–H and O–H groups in total. The zero-order valence-electron chi connectivity index (χ0n) is 40.3. The van der Waals surface area contributed by atoms with Crippen LogP contribution >= 0.6 is 7.82 Å². The fourth-order valence-electron chi connectivity index (χ4n) is 7.57. The third-order valence-electron chi connectivity index (χ3n) is 11.7. The van der Waals surface area contributed by atoms with Crippen LogP contribution in [0.4, 0.5) is 0 Å². The molecule has 0 amide bonds. The van der Waals surface area contributed by atoms with Gasteiger partial charge in [-0.15, -0.1) is 0 Å². The van der Waals surface area contributed by atoms with Crippen LogP contribution in [0.15, 0.2) is 48.6 Å². The highest BCUT2D eigenvalue weighted by Gasteiger charge is 2.51. The van der Waals surface area contributed by atoms with Crippen LogP contribution in [0.5, 0.6) is 0 Å². The summed E-state index contributed by atoms with van der Waals surface area (Å²) < 4.78 is 33.6. The van der Waals surface area contributed by atoms with Crippen LogP contribution in [0.25, 0.3) is 0 Å². The van der Waals surface area contributed by atoms with Crippen LogP contribution in [0.3, 0.4) is 0 Å². The van der Waals surface area contributed by atoms with Crippen molar-refractivity contribution in [2.75, 3.05) is 13.2 Å². The molecule has 0 radical (unpaired) electrons. The lowest BCUT2D eigenvalue weighted by atomic mass is 9.85. The van der Waals surface area contributed by atoms with Gasteiger partial charge in [0.05, 0.1) is 6.61 Å². The van der Waals surface area contributed by atoms with E-state index in [1.807, 2.05) is 0 Å². The van der Waals surface area contributed by atoms with Gasteiger partial charge in [-0.05, 0) is 57.8 Å². The van der Waals surface area contributed by atoms with Crippen molar-refractivity contribution in [1.82, 2.24) is 0 Å². The Morgan fingerprint density at radius 2 is 0.831 bits per heavy atom. The molecule has 0 saturated heterocycles. The molecule has 0 heterocycles. The molecule has 1 fully saturated rings. The lowest BCUT2D eigenvalue weighted by molar-refractivity contribution is -0.220. The summed E-state index contributed by atoms with van der Waals surface area (Å²) >= 11 is 0. The highest BCUT2D eigenvalue weighted by Crippen LogP contribution is 2.47. The second-order valence-corrected chi connectivity index (χ2v) is 19.1. The number of allylic oxidation sites excluding steroid dienone is 8. The van der Waals surface area contributed by atoms with Crippen molar-refractivity contribution in [3.63, 3.8) is 0 Å². The molecule has 0 aromatic carbocycles. The van der Waals surface area contributed by atoms with Crippen LogP contribution in [0.1, 0.15) is 206 Å². The summed E-state index contributed by atoms with van der Waals surface area (Å²) in [4.78, 5) is 35.8. The molecule has 1 saturated carbocycles. The summed E-state index contributed by atoms with van der Waals surface area (Å²) in [5.41, 5.74) is 0. The zero-order valence-corrected chi connectivity index (χ0v) is 41.2. The molecule has 13 nitrogen and oxygen atoms in total.